The number of rotatable bonds is 4. The third-order valence-electron chi connectivity index (χ3n) is 2.38. The minimum Gasteiger partial charge on any atom is -0.478 e. The van der Waals surface area contributed by atoms with E-state index in [-0.39, 0.29) is 16.7 Å². The van der Waals surface area contributed by atoms with Gasteiger partial charge in [0.25, 0.3) is 5.88 Å². The van der Waals surface area contributed by atoms with Gasteiger partial charge < -0.3 is 9.84 Å². The second-order valence-electron chi connectivity index (χ2n) is 3.78. The van der Waals surface area contributed by atoms with Gasteiger partial charge in [0, 0.05) is 12.1 Å². The van der Waals surface area contributed by atoms with Crippen LogP contribution >= 0.6 is 11.6 Å². The van der Waals surface area contributed by atoms with Crippen molar-refractivity contribution in [1.29, 1.82) is 0 Å². The van der Waals surface area contributed by atoms with Crippen molar-refractivity contribution in [2.75, 3.05) is 0 Å². The number of benzene rings is 1. The van der Waals surface area contributed by atoms with Crippen LogP contribution in [0.15, 0.2) is 30.5 Å². The van der Waals surface area contributed by atoms with Crippen LogP contribution in [0.2, 0.25) is 5.02 Å². The monoisotopic (exact) mass is 312 g/mol. The van der Waals surface area contributed by atoms with Crippen molar-refractivity contribution < 1.29 is 24.0 Å². The van der Waals surface area contributed by atoms with Crippen molar-refractivity contribution in [3.63, 3.8) is 0 Å². The minimum atomic E-state index is -1.44. The van der Waals surface area contributed by atoms with Gasteiger partial charge in [-0.3, -0.25) is 10.1 Å². The molecular formula is C12H6ClFN2O5. The number of hydrogen-bond donors (Lipinski definition) is 1. The van der Waals surface area contributed by atoms with Crippen LogP contribution in [0.3, 0.4) is 0 Å². The normalized spacial score (nSPS) is 10.2. The Morgan fingerprint density at radius 2 is 2.14 bits per heavy atom. The molecule has 0 aliphatic rings. The van der Waals surface area contributed by atoms with Gasteiger partial charge in [0.15, 0.2) is 0 Å². The van der Waals surface area contributed by atoms with Gasteiger partial charge in [-0.2, -0.15) is 0 Å². The summed E-state index contributed by atoms with van der Waals surface area (Å²) in [5, 5.41) is 19.6. The molecule has 0 aliphatic carbocycles. The van der Waals surface area contributed by atoms with Crippen LogP contribution in [0.25, 0.3) is 0 Å². The molecule has 21 heavy (non-hydrogen) atoms. The quantitative estimate of drug-likeness (QED) is 0.686. The molecule has 1 N–H and O–H groups in total. The summed E-state index contributed by atoms with van der Waals surface area (Å²) in [4.78, 5) is 24.4. The first-order valence-electron chi connectivity index (χ1n) is 5.39. The van der Waals surface area contributed by atoms with Gasteiger partial charge in [0.1, 0.15) is 11.6 Å². The maximum absolute atomic E-state index is 13.5. The number of ether oxygens (including phenoxy) is 1. The van der Waals surface area contributed by atoms with Crippen molar-refractivity contribution in [3.8, 4) is 11.6 Å². The largest absolute Gasteiger partial charge is 0.478 e. The standard InChI is InChI=1S/C12H6ClFN2O5/c13-6-3-10(16(19)20)11(15-5-6)21-7-1-2-8(12(17)18)9(14)4-7/h1-5H,(H,17,18). The second-order valence-corrected chi connectivity index (χ2v) is 4.22. The topological polar surface area (TPSA) is 103 Å². The maximum atomic E-state index is 13.5. The van der Waals surface area contributed by atoms with Crippen molar-refractivity contribution in [2.45, 2.75) is 0 Å². The fourth-order valence-corrected chi connectivity index (χ4v) is 1.62. The van der Waals surface area contributed by atoms with Crippen LogP contribution in [-0.2, 0) is 0 Å². The number of carboxylic acid groups (broad SMARTS) is 1. The lowest BCUT2D eigenvalue weighted by molar-refractivity contribution is -0.386. The van der Waals surface area contributed by atoms with Gasteiger partial charge in [-0.05, 0) is 12.1 Å². The maximum Gasteiger partial charge on any atom is 0.338 e. The van der Waals surface area contributed by atoms with E-state index < -0.39 is 28.0 Å². The number of pyridine rings is 1. The van der Waals surface area contributed by atoms with Gasteiger partial charge in [0.2, 0.25) is 0 Å². The highest BCUT2D eigenvalue weighted by Crippen LogP contribution is 2.31. The van der Waals surface area contributed by atoms with Crippen LogP contribution in [-0.4, -0.2) is 21.0 Å². The van der Waals surface area contributed by atoms with Gasteiger partial charge in [-0.1, -0.05) is 11.6 Å². The van der Waals surface area contributed by atoms with Gasteiger partial charge >= 0.3 is 11.7 Å². The van der Waals surface area contributed by atoms with Crippen LogP contribution in [0.1, 0.15) is 10.4 Å². The van der Waals surface area contributed by atoms with Gasteiger partial charge in [-0.25, -0.2) is 14.2 Å². The molecule has 1 aromatic carbocycles. The number of nitro groups is 1. The zero-order valence-electron chi connectivity index (χ0n) is 10.1. The molecule has 9 heteroatoms. The third kappa shape index (κ3) is 3.23. The molecular weight excluding hydrogens is 307 g/mol. The highest BCUT2D eigenvalue weighted by molar-refractivity contribution is 6.30. The van der Waals surface area contributed by atoms with E-state index in [1.54, 1.807) is 0 Å². The summed E-state index contributed by atoms with van der Waals surface area (Å²) in [6, 6.07) is 3.97. The Bertz CT molecular complexity index is 738. The number of carboxylic acids is 1. The summed E-state index contributed by atoms with van der Waals surface area (Å²) in [7, 11) is 0. The molecule has 0 fully saturated rings. The molecule has 1 aromatic heterocycles. The molecule has 0 spiro atoms. The molecule has 1 heterocycles. The molecule has 0 saturated carbocycles. The molecule has 0 bridgehead atoms. The van der Waals surface area contributed by atoms with E-state index in [4.69, 9.17) is 21.4 Å². The predicted molar refractivity (Wildman–Crippen MR) is 69.3 cm³/mol. The Kier molecular flexibility index (Phi) is 3.99. The number of halogens is 2. The first-order valence-corrected chi connectivity index (χ1v) is 5.77. The molecule has 0 unspecified atom stereocenters. The Balaban J connectivity index is 2.37. The molecule has 0 amide bonds. The predicted octanol–water partition coefficient (Wildman–Crippen LogP) is 3.27. The summed E-state index contributed by atoms with van der Waals surface area (Å²) in [6.07, 6.45) is 1.13. The number of aromatic nitrogens is 1. The number of nitrogens with zero attached hydrogens (tertiary/aromatic N) is 2. The SMILES string of the molecule is O=C(O)c1ccc(Oc2ncc(Cl)cc2[N+](=O)[O-])cc1F. The van der Waals surface area contributed by atoms with E-state index in [2.05, 4.69) is 4.98 Å². The van der Waals surface area contributed by atoms with E-state index in [1.165, 1.54) is 0 Å². The van der Waals surface area contributed by atoms with E-state index in [0.29, 0.717) is 0 Å². The fourth-order valence-electron chi connectivity index (χ4n) is 1.47. The molecule has 0 atom stereocenters. The zero-order chi connectivity index (χ0) is 15.6. The highest BCUT2D eigenvalue weighted by atomic mass is 35.5. The van der Waals surface area contributed by atoms with Crippen LogP contribution in [0.5, 0.6) is 11.6 Å². The van der Waals surface area contributed by atoms with Crippen molar-refractivity contribution in [2.24, 2.45) is 0 Å². The summed E-state index contributed by atoms with van der Waals surface area (Å²) >= 11 is 5.60. The number of carbonyl (C=O) groups is 1. The molecule has 0 radical (unpaired) electrons. The van der Waals surface area contributed by atoms with Crippen molar-refractivity contribution >= 4 is 23.3 Å². The molecule has 108 valence electrons. The molecule has 7 nitrogen and oxygen atoms in total. The lowest BCUT2D eigenvalue weighted by Gasteiger charge is -2.06. The van der Waals surface area contributed by atoms with E-state index >= 15 is 0 Å². The Hall–Kier alpha value is -2.74. The molecule has 2 aromatic rings. The van der Waals surface area contributed by atoms with Crippen LogP contribution in [0, 0.1) is 15.9 Å². The number of hydrogen-bond acceptors (Lipinski definition) is 5. The highest BCUT2D eigenvalue weighted by Gasteiger charge is 2.19. The summed E-state index contributed by atoms with van der Waals surface area (Å²) in [6.45, 7) is 0. The van der Waals surface area contributed by atoms with Gasteiger partial charge in [0.05, 0.1) is 21.7 Å². The van der Waals surface area contributed by atoms with Crippen molar-refractivity contribution in [1.82, 2.24) is 4.98 Å². The average molecular weight is 313 g/mol. The lowest BCUT2D eigenvalue weighted by Crippen LogP contribution is -2.01. The average Bonchev–Trinajstić information content (AvgIpc) is 2.40. The number of aromatic carboxylic acids is 1. The Morgan fingerprint density at radius 1 is 1.43 bits per heavy atom. The molecule has 2 rings (SSSR count). The van der Waals surface area contributed by atoms with E-state index in [0.717, 1.165) is 30.5 Å². The van der Waals surface area contributed by atoms with Gasteiger partial charge in [-0.15, -0.1) is 0 Å². The van der Waals surface area contributed by atoms with Crippen LogP contribution in [0.4, 0.5) is 10.1 Å². The van der Waals surface area contributed by atoms with E-state index in [9.17, 15) is 19.3 Å². The summed E-state index contributed by atoms with van der Waals surface area (Å²) in [5.74, 6) is -2.98. The van der Waals surface area contributed by atoms with Crippen molar-refractivity contribution in [3.05, 3.63) is 57.0 Å². The first-order chi connectivity index (χ1) is 9.88. The summed E-state index contributed by atoms with van der Waals surface area (Å²) in [5.41, 5.74) is -1.04. The smallest absolute Gasteiger partial charge is 0.338 e. The first kappa shape index (κ1) is 14.7. The minimum absolute atomic E-state index is 0.0430. The summed E-state index contributed by atoms with van der Waals surface area (Å²) < 4.78 is 18.6. The Morgan fingerprint density at radius 3 is 2.71 bits per heavy atom. The molecule has 0 aliphatic heterocycles. The van der Waals surface area contributed by atoms with Crippen LogP contribution < -0.4 is 4.74 Å². The molecule has 0 saturated heterocycles. The zero-order valence-corrected chi connectivity index (χ0v) is 10.9. The Labute approximate surface area is 121 Å². The second kappa shape index (κ2) is 5.71. The van der Waals surface area contributed by atoms with E-state index in [1.807, 2.05) is 0 Å². The fraction of sp³-hybridized carbons (Fsp3) is 0. The third-order valence-corrected chi connectivity index (χ3v) is 2.59. The lowest BCUT2D eigenvalue weighted by atomic mass is 10.2.